The number of hydrogen-bond acceptors (Lipinski definition) is 30. The second-order valence-electron chi connectivity index (χ2n) is 16.8. The van der Waals surface area contributed by atoms with E-state index in [4.69, 9.17) is 56.8 Å². The molecule has 22 rings (SSSR count). The molecule has 22 aliphatic heterocycles. The fraction of sp³-hybridized carbons (Fsp3) is 1.00. The normalized spacial score (nSPS) is 55.4. The topological polar surface area (TPSA) is 475 Å². The second-order valence-corrected chi connectivity index (χ2v) is 16.8. The number of rotatable bonds is 6. The molecule has 0 radical (unpaired) electrons. The van der Waals surface area contributed by atoms with Crippen LogP contribution in [0.1, 0.15) is 0 Å². The van der Waals surface area contributed by atoms with Gasteiger partial charge in [-0.1, -0.05) is 0 Å². The fourth-order valence-electron chi connectivity index (χ4n) is 8.93. The van der Waals surface area contributed by atoms with Crippen molar-refractivity contribution in [3.8, 4) is 0 Å². The number of aliphatic hydroxyl groups is 18. The third kappa shape index (κ3) is 10.0. The van der Waals surface area contributed by atoms with Crippen molar-refractivity contribution < 1.29 is 149 Å². The van der Waals surface area contributed by atoms with E-state index in [0.29, 0.717) is 0 Å². The molecule has 0 spiro atoms. The molecule has 0 saturated carbocycles. The first-order valence-electron chi connectivity index (χ1n) is 21.1. The summed E-state index contributed by atoms with van der Waals surface area (Å²) < 4.78 is 67.9. The smallest absolute Gasteiger partial charge is 0.187 e. The van der Waals surface area contributed by atoms with Gasteiger partial charge in [0.2, 0.25) is 0 Å². The van der Waals surface area contributed by atoms with Gasteiger partial charge in [0, 0.05) is 0 Å². The van der Waals surface area contributed by atoms with E-state index in [9.17, 15) is 91.9 Å². The first-order valence-corrected chi connectivity index (χ1v) is 21.1. The van der Waals surface area contributed by atoms with Crippen LogP contribution in [0, 0.1) is 0 Å². The highest BCUT2D eigenvalue weighted by Crippen LogP contribution is 2.38. The Bertz CT molecular complexity index is 1230. The molecule has 0 aromatic heterocycles. The van der Waals surface area contributed by atoms with E-state index in [1.165, 1.54) is 0 Å². The zero-order valence-electron chi connectivity index (χ0n) is 34.5. The summed E-state index contributed by atoms with van der Waals surface area (Å²) in [5, 5.41) is 196. The summed E-state index contributed by atoms with van der Waals surface area (Å²) in [7, 11) is 0. The highest BCUT2D eigenvalue weighted by molar-refractivity contribution is 5.01. The Kier molecular flexibility index (Phi) is 17.6. The van der Waals surface area contributed by atoms with E-state index in [1.54, 1.807) is 0 Å². The van der Waals surface area contributed by atoms with Crippen LogP contribution >= 0.6 is 0 Å². The maximum Gasteiger partial charge on any atom is 0.187 e. The molecule has 0 amide bonds. The van der Waals surface area contributed by atoms with Crippen LogP contribution in [-0.2, 0) is 56.8 Å². The SMILES string of the molecule is OC[C@@H]1O[C@@H]2O[C@H]3[C@H](O)[C@H](O)[C@@H](O[C@H]4[C@H](O)[C@H](O)[C@@H](O[C@H]5[C@H](O)[C@H](O)[C@@H](O[C@H]6[C@H](O)[C@@H](O)[C@@H](O[C@H]7[C@H](O)[C@@H](O)[C@@H](O[C@@H]1[C@H](O)[C@H]2O)O[C@H]7CO)O[C@H]6CO)O[C@H]5CO)O[C@H]4CO)O[C@H]3CO. The minimum Gasteiger partial charge on any atom is -0.394 e. The van der Waals surface area contributed by atoms with E-state index in [1.807, 2.05) is 0 Å². The van der Waals surface area contributed by atoms with Gasteiger partial charge in [0.25, 0.3) is 0 Å². The van der Waals surface area contributed by atoms with Crippen LogP contribution < -0.4 is 0 Å². The summed E-state index contributed by atoms with van der Waals surface area (Å²) in [6.07, 6.45) is -58.5. The van der Waals surface area contributed by atoms with Crippen molar-refractivity contribution in [3.05, 3.63) is 0 Å². The van der Waals surface area contributed by atoms with E-state index in [-0.39, 0.29) is 0 Å². The molecule has 30 heteroatoms. The Morgan fingerprint density at radius 1 is 0.182 bits per heavy atom. The Hall–Kier alpha value is -1.20. The highest BCUT2D eigenvalue weighted by Gasteiger charge is 2.58. The Morgan fingerprint density at radius 2 is 0.303 bits per heavy atom. The van der Waals surface area contributed by atoms with Crippen LogP contribution in [-0.4, -0.2) is 316 Å². The van der Waals surface area contributed by atoms with E-state index in [2.05, 4.69) is 0 Å². The van der Waals surface area contributed by atoms with Crippen LogP contribution in [0.3, 0.4) is 0 Å². The average Bonchev–Trinajstić information content (AvgIpc) is 3.31. The molecule has 384 valence electrons. The maximum atomic E-state index is 11.2. The van der Waals surface area contributed by atoms with E-state index < -0.39 is 224 Å². The van der Waals surface area contributed by atoms with Crippen molar-refractivity contribution in [2.75, 3.05) is 39.6 Å². The maximum absolute atomic E-state index is 11.2. The molecule has 22 heterocycles. The minimum absolute atomic E-state index is 0.999. The first kappa shape index (κ1) is 52.6. The predicted octanol–water partition coefficient (Wildman–Crippen LogP) is -13.1. The van der Waals surface area contributed by atoms with Crippen molar-refractivity contribution in [3.63, 3.8) is 0 Å². The molecule has 30 nitrogen and oxygen atoms in total. The number of aliphatic hydroxyl groups excluding tert-OH is 18. The van der Waals surface area contributed by atoms with Crippen LogP contribution in [0.5, 0.6) is 0 Å². The Morgan fingerprint density at radius 3 is 0.409 bits per heavy atom. The molecule has 18 N–H and O–H groups in total. The lowest BCUT2D eigenvalue weighted by molar-refractivity contribution is -0.404. The van der Waals surface area contributed by atoms with E-state index in [0.717, 1.165) is 0 Å². The van der Waals surface area contributed by atoms with Gasteiger partial charge >= 0.3 is 0 Å². The third-order valence-corrected chi connectivity index (χ3v) is 12.7. The van der Waals surface area contributed by atoms with Gasteiger partial charge in [-0.25, -0.2) is 0 Å². The van der Waals surface area contributed by atoms with Crippen molar-refractivity contribution in [1.29, 1.82) is 0 Å². The average molecular weight is 973 g/mol. The molecule has 66 heavy (non-hydrogen) atoms. The van der Waals surface area contributed by atoms with Crippen molar-refractivity contribution in [2.45, 2.75) is 184 Å². The van der Waals surface area contributed by atoms with Crippen LogP contribution in [0.15, 0.2) is 0 Å². The van der Waals surface area contributed by atoms with Gasteiger partial charge in [-0.2, -0.15) is 0 Å². The van der Waals surface area contributed by atoms with Gasteiger partial charge in [-0.3, -0.25) is 0 Å². The molecule has 0 unspecified atom stereocenters. The Labute approximate surface area is 372 Å². The van der Waals surface area contributed by atoms with Crippen molar-refractivity contribution >= 4 is 0 Å². The molecule has 12 bridgehead atoms. The van der Waals surface area contributed by atoms with Gasteiger partial charge < -0.3 is 149 Å². The summed E-state index contributed by atoms with van der Waals surface area (Å²) in [6.45, 7) is -5.99. The molecule has 0 aliphatic carbocycles. The van der Waals surface area contributed by atoms with Crippen molar-refractivity contribution in [2.24, 2.45) is 0 Å². The van der Waals surface area contributed by atoms with Gasteiger partial charge in [-0.15, -0.1) is 0 Å². The zero-order chi connectivity index (χ0) is 48.0. The Balaban J connectivity index is 1.19. The molecule has 22 aliphatic rings. The lowest BCUT2D eigenvalue weighted by Crippen LogP contribution is -2.69. The molecular weight excluding hydrogens is 912 g/mol. The van der Waals surface area contributed by atoms with E-state index >= 15 is 0 Å². The second kappa shape index (κ2) is 22.1. The summed E-state index contributed by atoms with van der Waals surface area (Å²) in [5.41, 5.74) is 0. The number of ether oxygens (including phenoxy) is 12. The molecule has 0 aromatic carbocycles. The van der Waals surface area contributed by atoms with Gasteiger partial charge in [0.15, 0.2) is 37.7 Å². The zero-order valence-corrected chi connectivity index (χ0v) is 34.5. The minimum atomic E-state index is -2.15. The highest BCUT2D eigenvalue weighted by atomic mass is 16.8. The largest absolute Gasteiger partial charge is 0.394 e. The molecular formula is C36H60O30. The molecule has 0 aromatic rings. The first-order chi connectivity index (χ1) is 31.4. The summed E-state index contributed by atoms with van der Waals surface area (Å²) in [5.74, 6) is 0. The standard InChI is InChI=1S/C36H60O30/c37-1-7-25-13(43)19(49)31(55-7)62-26-8(2-38)57-33(21(51)15(26)45)64-28-10(4-40)59-35(23(53)17(28)47)66-30-12(6-42)60-36(24(54)18(30)48)65-29-11(5-41)58-34(22(52)16(29)46)63-27-9(3-39)56-32(61-25)20(50)14(27)44/h7-54H,1-6H2/t7-,8-,9-,10-,11-,12-,13+,14+,15+,16+,17+,18+,19-,20-,21-,22+,23+,24+,25+,26+,27+,28+,29-,30+,31+,32+,33+,34+,35+,36+/m0/s1. The van der Waals surface area contributed by atoms with Gasteiger partial charge in [-0.05, 0) is 0 Å². The molecule has 22 fully saturated rings. The van der Waals surface area contributed by atoms with Gasteiger partial charge in [0.1, 0.15) is 146 Å². The summed E-state index contributed by atoms with van der Waals surface area (Å²) >= 11 is 0. The third-order valence-electron chi connectivity index (χ3n) is 12.7. The van der Waals surface area contributed by atoms with Crippen LogP contribution in [0.25, 0.3) is 0 Å². The van der Waals surface area contributed by atoms with Crippen LogP contribution in [0.2, 0.25) is 0 Å². The summed E-state index contributed by atoms with van der Waals surface area (Å²) in [6, 6.07) is 0. The fourth-order valence-corrected chi connectivity index (χ4v) is 8.93. The monoisotopic (exact) mass is 972 g/mol. The summed E-state index contributed by atoms with van der Waals surface area (Å²) in [4.78, 5) is 0. The molecule has 30 atom stereocenters. The van der Waals surface area contributed by atoms with Gasteiger partial charge in [0.05, 0.1) is 39.6 Å². The quantitative estimate of drug-likeness (QED) is 0.117. The van der Waals surface area contributed by atoms with Crippen LogP contribution in [0.4, 0.5) is 0 Å². The lowest BCUT2D eigenvalue weighted by atomic mass is 9.94. The van der Waals surface area contributed by atoms with Crippen molar-refractivity contribution in [1.82, 2.24) is 0 Å². The predicted molar refractivity (Wildman–Crippen MR) is 196 cm³/mol. The molecule has 22 saturated heterocycles. The lowest BCUT2D eigenvalue weighted by Gasteiger charge is -2.50. The number of hydrogen-bond donors (Lipinski definition) is 18.